The SMILES string of the molecule is COc1ccc(C2SCC(N)CS2)cc1. The van der Waals surface area contributed by atoms with Gasteiger partial charge in [-0.1, -0.05) is 12.1 Å². The average molecular weight is 241 g/mol. The number of benzene rings is 1. The highest BCUT2D eigenvalue weighted by Crippen LogP contribution is 2.43. The van der Waals surface area contributed by atoms with Crippen LogP contribution in [0.25, 0.3) is 0 Å². The molecule has 82 valence electrons. The molecule has 1 saturated heterocycles. The molecular formula is C11H15NOS2. The lowest BCUT2D eigenvalue weighted by molar-refractivity contribution is 0.414. The Hall–Kier alpha value is -0.320. The molecule has 0 radical (unpaired) electrons. The van der Waals surface area contributed by atoms with Gasteiger partial charge in [0.15, 0.2) is 0 Å². The maximum Gasteiger partial charge on any atom is 0.118 e. The molecule has 1 aliphatic rings. The van der Waals surface area contributed by atoms with Gasteiger partial charge in [0.25, 0.3) is 0 Å². The van der Waals surface area contributed by atoms with Gasteiger partial charge in [-0.15, -0.1) is 23.5 Å². The van der Waals surface area contributed by atoms with E-state index in [-0.39, 0.29) is 0 Å². The molecule has 0 amide bonds. The van der Waals surface area contributed by atoms with Crippen LogP contribution in [0.3, 0.4) is 0 Å². The third kappa shape index (κ3) is 2.83. The van der Waals surface area contributed by atoms with Gasteiger partial charge in [-0.3, -0.25) is 0 Å². The monoisotopic (exact) mass is 241 g/mol. The molecule has 2 nitrogen and oxygen atoms in total. The molecule has 0 atom stereocenters. The Labute approximate surface area is 98.9 Å². The fraction of sp³-hybridized carbons (Fsp3) is 0.455. The van der Waals surface area contributed by atoms with Crippen molar-refractivity contribution in [2.75, 3.05) is 18.6 Å². The van der Waals surface area contributed by atoms with Crippen LogP contribution in [0.2, 0.25) is 0 Å². The molecule has 1 heterocycles. The Morgan fingerprint density at radius 3 is 2.33 bits per heavy atom. The first kappa shape index (κ1) is 11.2. The molecule has 4 heteroatoms. The predicted molar refractivity (Wildman–Crippen MR) is 68.6 cm³/mol. The minimum absolute atomic E-state index is 0.356. The van der Waals surface area contributed by atoms with Crippen molar-refractivity contribution in [3.05, 3.63) is 29.8 Å². The van der Waals surface area contributed by atoms with Crippen molar-refractivity contribution >= 4 is 23.5 Å². The largest absolute Gasteiger partial charge is 0.497 e. The van der Waals surface area contributed by atoms with Crippen LogP contribution in [0.15, 0.2) is 24.3 Å². The first-order chi connectivity index (χ1) is 7.29. The lowest BCUT2D eigenvalue weighted by Crippen LogP contribution is -2.29. The lowest BCUT2D eigenvalue weighted by atomic mass is 10.2. The van der Waals surface area contributed by atoms with Crippen LogP contribution in [-0.2, 0) is 0 Å². The minimum Gasteiger partial charge on any atom is -0.497 e. The van der Waals surface area contributed by atoms with Crippen LogP contribution in [0.5, 0.6) is 5.75 Å². The Morgan fingerprint density at radius 2 is 1.80 bits per heavy atom. The van der Waals surface area contributed by atoms with Gasteiger partial charge in [-0.25, -0.2) is 0 Å². The van der Waals surface area contributed by atoms with Gasteiger partial charge >= 0.3 is 0 Å². The van der Waals surface area contributed by atoms with Crippen LogP contribution in [0, 0.1) is 0 Å². The zero-order valence-corrected chi connectivity index (χ0v) is 10.3. The number of thioether (sulfide) groups is 2. The lowest BCUT2D eigenvalue weighted by Gasteiger charge is -2.25. The van der Waals surface area contributed by atoms with Crippen molar-refractivity contribution in [2.24, 2.45) is 5.73 Å². The maximum absolute atomic E-state index is 5.86. The van der Waals surface area contributed by atoms with Crippen LogP contribution >= 0.6 is 23.5 Å². The molecule has 0 saturated carbocycles. The fourth-order valence-electron chi connectivity index (χ4n) is 1.47. The molecule has 1 fully saturated rings. The molecule has 1 aromatic carbocycles. The maximum atomic E-state index is 5.86. The summed E-state index contributed by atoms with van der Waals surface area (Å²) in [6, 6.07) is 8.67. The fourth-order valence-corrected chi connectivity index (χ4v) is 4.26. The molecule has 1 aromatic rings. The molecular weight excluding hydrogens is 226 g/mol. The Kier molecular flexibility index (Phi) is 3.83. The number of rotatable bonds is 2. The summed E-state index contributed by atoms with van der Waals surface area (Å²) in [5, 5.41) is 0. The normalized spacial score (nSPS) is 26.3. The minimum atomic E-state index is 0.356. The van der Waals surface area contributed by atoms with E-state index in [0.717, 1.165) is 17.3 Å². The van der Waals surface area contributed by atoms with Gasteiger partial charge in [-0.2, -0.15) is 0 Å². The predicted octanol–water partition coefficient (Wildman–Crippen LogP) is 2.50. The summed E-state index contributed by atoms with van der Waals surface area (Å²) in [7, 11) is 1.69. The van der Waals surface area contributed by atoms with E-state index >= 15 is 0 Å². The molecule has 0 unspecified atom stereocenters. The second kappa shape index (κ2) is 5.14. The van der Waals surface area contributed by atoms with Crippen LogP contribution < -0.4 is 10.5 Å². The Morgan fingerprint density at radius 1 is 1.20 bits per heavy atom. The van der Waals surface area contributed by atoms with E-state index in [1.807, 2.05) is 35.7 Å². The van der Waals surface area contributed by atoms with Crippen molar-refractivity contribution in [1.29, 1.82) is 0 Å². The average Bonchev–Trinajstić information content (AvgIpc) is 2.30. The summed E-state index contributed by atoms with van der Waals surface area (Å²) < 4.78 is 5.68. The molecule has 0 aromatic heterocycles. The van der Waals surface area contributed by atoms with E-state index in [2.05, 4.69) is 12.1 Å². The summed E-state index contributed by atoms with van der Waals surface area (Å²) in [6.45, 7) is 0. The van der Waals surface area contributed by atoms with Gasteiger partial charge in [0.1, 0.15) is 5.75 Å². The number of hydrogen-bond acceptors (Lipinski definition) is 4. The van der Waals surface area contributed by atoms with Crippen LogP contribution in [0.1, 0.15) is 10.1 Å². The first-order valence-corrected chi connectivity index (χ1v) is 7.02. The second-order valence-electron chi connectivity index (χ2n) is 3.53. The highest BCUT2D eigenvalue weighted by atomic mass is 32.2. The van der Waals surface area contributed by atoms with E-state index < -0.39 is 0 Å². The van der Waals surface area contributed by atoms with Gasteiger partial charge in [0.05, 0.1) is 11.7 Å². The third-order valence-corrected chi connectivity index (χ3v) is 5.52. The third-order valence-electron chi connectivity index (χ3n) is 2.31. The molecule has 0 aliphatic carbocycles. The highest BCUT2D eigenvalue weighted by molar-refractivity contribution is 8.17. The standard InChI is InChI=1S/C11H15NOS2/c1-13-10-4-2-8(3-5-10)11-14-6-9(12)7-15-11/h2-5,9,11H,6-7,12H2,1H3. The number of ether oxygens (including phenoxy) is 1. The highest BCUT2D eigenvalue weighted by Gasteiger charge is 2.20. The topological polar surface area (TPSA) is 35.2 Å². The summed E-state index contributed by atoms with van der Waals surface area (Å²) in [6.07, 6.45) is 0. The Bertz CT molecular complexity index is 307. The quantitative estimate of drug-likeness (QED) is 0.863. The molecule has 0 spiro atoms. The van der Waals surface area contributed by atoms with E-state index in [9.17, 15) is 0 Å². The number of methoxy groups -OCH3 is 1. The second-order valence-corrected chi connectivity index (χ2v) is 6.11. The number of hydrogen-bond donors (Lipinski definition) is 1. The van der Waals surface area contributed by atoms with E-state index in [1.165, 1.54) is 5.56 Å². The summed E-state index contributed by atoms with van der Waals surface area (Å²) in [5.74, 6) is 3.04. The van der Waals surface area contributed by atoms with Crippen molar-refractivity contribution in [3.63, 3.8) is 0 Å². The van der Waals surface area contributed by atoms with Crippen LogP contribution in [-0.4, -0.2) is 24.7 Å². The van der Waals surface area contributed by atoms with E-state index in [0.29, 0.717) is 10.6 Å². The van der Waals surface area contributed by atoms with Gasteiger partial charge < -0.3 is 10.5 Å². The molecule has 0 bridgehead atoms. The summed E-state index contributed by atoms with van der Waals surface area (Å²) in [4.78, 5) is 0. The zero-order chi connectivity index (χ0) is 10.7. The van der Waals surface area contributed by atoms with E-state index in [4.69, 9.17) is 10.5 Å². The smallest absolute Gasteiger partial charge is 0.118 e. The van der Waals surface area contributed by atoms with Crippen molar-refractivity contribution in [3.8, 4) is 5.75 Å². The van der Waals surface area contributed by atoms with Gasteiger partial charge in [-0.05, 0) is 17.7 Å². The molecule has 2 N–H and O–H groups in total. The first-order valence-electron chi connectivity index (χ1n) is 4.92. The Balaban J connectivity index is 2.03. The van der Waals surface area contributed by atoms with Crippen molar-refractivity contribution < 1.29 is 4.74 Å². The summed E-state index contributed by atoms with van der Waals surface area (Å²) >= 11 is 3.87. The number of nitrogens with two attached hydrogens (primary N) is 1. The van der Waals surface area contributed by atoms with Crippen LogP contribution in [0.4, 0.5) is 0 Å². The molecule has 1 aliphatic heterocycles. The molecule has 15 heavy (non-hydrogen) atoms. The van der Waals surface area contributed by atoms with Gasteiger partial charge in [0.2, 0.25) is 0 Å². The van der Waals surface area contributed by atoms with E-state index in [1.54, 1.807) is 7.11 Å². The summed E-state index contributed by atoms with van der Waals surface area (Å²) in [5.41, 5.74) is 7.22. The van der Waals surface area contributed by atoms with Gasteiger partial charge in [0, 0.05) is 17.5 Å². The van der Waals surface area contributed by atoms with Crippen molar-refractivity contribution in [2.45, 2.75) is 10.6 Å². The zero-order valence-electron chi connectivity index (χ0n) is 8.68. The molecule has 2 rings (SSSR count). The van der Waals surface area contributed by atoms with Crippen molar-refractivity contribution in [1.82, 2.24) is 0 Å².